The van der Waals surface area contributed by atoms with Gasteiger partial charge in [-0.05, 0) is 74.9 Å². The monoisotopic (exact) mass is 294 g/mol. The van der Waals surface area contributed by atoms with Gasteiger partial charge in [-0.1, -0.05) is 24.3 Å². The van der Waals surface area contributed by atoms with Crippen molar-refractivity contribution in [2.45, 2.75) is 41.5 Å². The molecule has 114 valence electrons. The maximum absolute atomic E-state index is 12.6. The van der Waals surface area contributed by atoms with Crippen LogP contribution < -0.4 is 0 Å². The van der Waals surface area contributed by atoms with Crippen LogP contribution in [0.1, 0.15) is 54.1 Å². The number of benzene rings is 2. The van der Waals surface area contributed by atoms with Crippen molar-refractivity contribution in [3.05, 3.63) is 68.8 Å². The van der Waals surface area contributed by atoms with Crippen molar-refractivity contribution in [3.8, 4) is 0 Å². The van der Waals surface area contributed by atoms with Gasteiger partial charge in [0.25, 0.3) is 0 Å². The van der Waals surface area contributed by atoms with Gasteiger partial charge in [-0.15, -0.1) is 0 Å². The van der Waals surface area contributed by atoms with Crippen molar-refractivity contribution in [1.29, 1.82) is 0 Å². The van der Waals surface area contributed by atoms with Gasteiger partial charge in [0, 0.05) is 11.1 Å². The van der Waals surface area contributed by atoms with Crippen LogP contribution >= 0.6 is 0 Å². The van der Waals surface area contributed by atoms with Gasteiger partial charge in [0.2, 0.25) is 11.6 Å². The van der Waals surface area contributed by atoms with Crippen LogP contribution in [0.2, 0.25) is 0 Å². The van der Waals surface area contributed by atoms with Gasteiger partial charge in [-0.25, -0.2) is 0 Å². The number of ketones is 2. The predicted molar refractivity (Wildman–Crippen MR) is 90.0 cm³/mol. The fourth-order valence-corrected chi connectivity index (χ4v) is 2.65. The Labute approximate surface area is 132 Å². The zero-order valence-corrected chi connectivity index (χ0v) is 14.1. The minimum Gasteiger partial charge on any atom is -0.285 e. The number of aryl methyl sites for hydroxylation is 2. The standard InChI is InChI=1S/C20H22O2/c1-11-7-9-17(15(5)13(11)3)19(21)20(22)18-10-8-12(2)14(4)16(18)6/h7-10H,1-6H3. The lowest BCUT2D eigenvalue weighted by atomic mass is 9.90. The minimum absolute atomic E-state index is 0.424. The van der Waals surface area contributed by atoms with Crippen molar-refractivity contribution in [1.82, 2.24) is 0 Å². The first-order valence-corrected chi connectivity index (χ1v) is 7.48. The van der Waals surface area contributed by atoms with Gasteiger partial charge < -0.3 is 0 Å². The Morgan fingerprint density at radius 1 is 0.545 bits per heavy atom. The van der Waals surface area contributed by atoms with E-state index < -0.39 is 11.6 Å². The normalized spacial score (nSPS) is 10.6. The lowest BCUT2D eigenvalue weighted by Gasteiger charge is -2.12. The number of rotatable bonds is 3. The molecule has 0 amide bonds. The van der Waals surface area contributed by atoms with Crippen LogP contribution in [0, 0.1) is 41.5 Å². The molecule has 0 aromatic heterocycles. The Balaban J connectivity index is 2.49. The van der Waals surface area contributed by atoms with E-state index in [4.69, 9.17) is 0 Å². The van der Waals surface area contributed by atoms with E-state index in [9.17, 15) is 9.59 Å². The summed E-state index contributed by atoms with van der Waals surface area (Å²) in [6.45, 7) is 11.8. The Hall–Kier alpha value is -2.22. The van der Waals surface area contributed by atoms with Crippen molar-refractivity contribution in [3.63, 3.8) is 0 Å². The fourth-order valence-electron chi connectivity index (χ4n) is 2.65. The first kappa shape index (κ1) is 16.2. The molecule has 0 saturated heterocycles. The summed E-state index contributed by atoms with van der Waals surface area (Å²) in [6.07, 6.45) is 0. The van der Waals surface area contributed by atoms with Crippen molar-refractivity contribution in [2.24, 2.45) is 0 Å². The molecule has 2 aromatic carbocycles. The smallest absolute Gasteiger partial charge is 0.233 e. The van der Waals surface area contributed by atoms with Gasteiger partial charge in [0.15, 0.2) is 0 Å². The largest absolute Gasteiger partial charge is 0.285 e. The summed E-state index contributed by atoms with van der Waals surface area (Å²) in [6, 6.07) is 7.31. The van der Waals surface area contributed by atoms with Crippen LogP contribution in [0.25, 0.3) is 0 Å². The molecule has 0 saturated carbocycles. The summed E-state index contributed by atoms with van der Waals surface area (Å²) in [5.41, 5.74) is 7.18. The fraction of sp³-hybridized carbons (Fsp3) is 0.300. The van der Waals surface area contributed by atoms with Crippen LogP contribution in [0.15, 0.2) is 24.3 Å². The number of hydrogen-bond acceptors (Lipinski definition) is 2. The molecule has 2 aromatic rings. The van der Waals surface area contributed by atoms with E-state index in [0.717, 1.165) is 33.4 Å². The van der Waals surface area contributed by atoms with Gasteiger partial charge >= 0.3 is 0 Å². The number of carbonyl (C=O) groups excluding carboxylic acids is 2. The van der Waals surface area contributed by atoms with Crippen molar-refractivity contribution in [2.75, 3.05) is 0 Å². The van der Waals surface area contributed by atoms with Crippen LogP contribution in [0.3, 0.4) is 0 Å². The SMILES string of the molecule is Cc1ccc(C(=O)C(=O)c2ccc(C)c(C)c2C)c(C)c1C. The van der Waals surface area contributed by atoms with E-state index in [-0.39, 0.29) is 0 Å². The molecule has 0 atom stereocenters. The Kier molecular flexibility index (Phi) is 4.32. The molecule has 22 heavy (non-hydrogen) atoms. The predicted octanol–water partition coefficient (Wildman–Crippen LogP) is 4.60. The third-order valence-corrected chi connectivity index (χ3v) is 4.81. The molecule has 0 spiro atoms. The topological polar surface area (TPSA) is 34.1 Å². The molecule has 2 rings (SSSR count). The number of Topliss-reactive ketones (excluding diaryl/α,β-unsaturated/α-hetero) is 2. The molecule has 2 nitrogen and oxygen atoms in total. The second-order valence-corrected chi connectivity index (χ2v) is 6.02. The van der Waals surface area contributed by atoms with Gasteiger partial charge in [-0.2, -0.15) is 0 Å². The summed E-state index contributed by atoms with van der Waals surface area (Å²) >= 11 is 0. The number of hydrogen-bond donors (Lipinski definition) is 0. The van der Waals surface area contributed by atoms with E-state index in [1.54, 1.807) is 12.1 Å². The van der Waals surface area contributed by atoms with E-state index in [1.807, 2.05) is 53.7 Å². The van der Waals surface area contributed by atoms with E-state index >= 15 is 0 Å². The van der Waals surface area contributed by atoms with Crippen molar-refractivity contribution >= 4 is 11.6 Å². The van der Waals surface area contributed by atoms with E-state index in [1.165, 1.54) is 0 Å². The van der Waals surface area contributed by atoms with E-state index in [0.29, 0.717) is 11.1 Å². The molecule has 0 aliphatic rings. The van der Waals surface area contributed by atoms with Gasteiger partial charge in [0.1, 0.15) is 0 Å². The average molecular weight is 294 g/mol. The number of carbonyl (C=O) groups is 2. The first-order valence-electron chi connectivity index (χ1n) is 7.48. The molecule has 0 fully saturated rings. The molecular formula is C20H22O2. The maximum Gasteiger partial charge on any atom is 0.233 e. The third kappa shape index (κ3) is 2.61. The zero-order valence-electron chi connectivity index (χ0n) is 14.1. The highest BCUT2D eigenvalue weighted by Crippen LogP contribution is 2.22. The Morgan fingerprint density at radius 2 is 0.864 bits per heavy atom. The van der Waals surface area contributed by atoms with Gasteiger partial charge in [-0.3, -0.25) is 9.59 Å². The van der Waals surface area contributed by atoms with Crippen LogP contribution in [0.5, 0.6) is 0 Å². The Morgan fingerprint density at radius 3 is 1.18 bits per heavy atom. The second-order valence-electron chi connectivity index (χ2n) is 6.02. The molecule has 0 aliphatic carbocycles. The molecule has 0 radical (unpaired) electrons. The zero-order chi connectivity index (χ0) is 16.6. The molecule has 0 N–H and O–H groups in total. The lowest BCUT2D eigenvalue weighted by Crippen LogP contribution is -2.18. The van der Waals surface area contributed by atoms with Crippen molar-refractivity contribution < 1.29 is 9.59 Å². The van der Waals surface area contributed by atoms with Crippen LogP contribution in [0.4, 0.5) is 0 Å². The Bertz CT molecular complexity index is 715. The highest BCUT2D eigenvalue weighted by molar-refractivity contribution is 6.49. The van der Waals surface area contributed by atoms with Gasteiger partial charge in [0.05, 0.1) is 0 Å². The van der Waals surface area contributed by atoms with Crippen LogP contribution in [-0.4, -0.2) is 11.6 Å². The van der Waals surface area contributed by atoms with E-state index in [2.05, 4.69) is 0 Å². The first-order chi connectivity index (χ1) is 10.3. The quantitative estimate of drug-likeness (QED) is 0.612. The summed E-state index contributed by atoms with van der Waals surface area (Å²) in [7, 11) is 0. The highest BCUT2D eigenvalue weighted by Gasteiger charge is 2.23. The minimum atomic E-state index is -0.424. The molecular weight excluding hydrogens is 272 g/mol. The second kappa shape index (κ2) is 5.88. The maximum atomic E-state index is 12.6. The molecule has 0 aliphatic heterocycles. The lowest BCUT2D eigenvalue weighted by molar-refractivity contribution is 0.0816. The average Bonchev–Trinajstić information content (AvgIpc) is 2.49. The van der Waals surface area contributed by atoms with Crippen LogP contribution in [-0.2, 0) is 0 Å². The molecule has 0 bridgehead atoms. The molecule has 0 unspecified atom stereocenters. The molecule has 2 heteroatoms. The summed E-state index contributed by atoms with van der Waals surface area (Å²) in [4.78, 5) is 25.3. The summed E-state index contributed by atoms with van der Waals surface area (Å²) < 4.78 is 0. The highest BCUT2D eigenvalue weighted by atomic mass is 16.2. The third-order valence-electron chi connectivity index (χ3n) is 4.81. The summed E-state index contributed by atoms with van der Waals surface area (Å²) in [5, 5.41) is 0. The summed E-state index contributed by atoms with van der Waals surface area (Å²) in [5.74, 6) is -0.848. The molecule has 0 heterocycles.